The number of methoxy groups -OCH3 is 2. The Morgan fingerprint density at radius 3 is 2.15 bits per heavy atom. The lowest BCUT2D eigenvalue weighted by molar-refractivity contribution is -0.560. The monoisotopic (exact) mass is 283 g/mol. The average molecular weight is 283 g/mol. The van der Waals surface area contributed by atoms with Crippen molar-refractivity contribution >= 4 is 5.97 Å². The number of carbonyl (C=O) groups is 1. The van der Waals surface area contributed by atoms with Crippen LogP contribution in [0.3, 0.4) is 0 Å². The first-order valence-electron chi connectivity index (χ1n) is 5.92. The fraction of sp³-hybridized carbons (Fsp3) is 0.462. The predicted molar refractivity (Wildman–Crippen MR) is 69.5 cm³/mol. The molecule has 1 rings (SSSR count). The molecule has 0 saturated heterocycles. The second-order valence-electron chi connectivity index (χ2n) is 4.06. The van der Waals surface area contributed by atoms with Gasteiger partial charge in [-0.2, -0.15) is 0 Å². The van der Waals surface area contributed by atoms with Crippen LogP contribution in [0.15, 0.2) is 30.3 Å². The minimum atomic E-state index is -1.36. The maximum absolute atomic E-state index is 11.3. The highest BCUT2D eigenvalue weighted by molar-refractivity contribution is 5.66. The van der Waals surface area contributed by atoms with Crippen molar-refractivity contribution in [1.29, 1.82) is 0 Å². The Kier molecular flexibility index (Phi) is 6.08. The van der Waals surface area contributed by atoms with E-state index in [1.165, 1.54) is 21.1 Å². The first kappa shape index (κ1) is 16.1. The minimum absolute atomic E-state index is 0.503. The van der Waals surface area contributed by atoms with Crippen molar-refractivity contribution < 1.29 is 23.9 Å². The molecule has 7 nitrogen and oxygen atoms in total. The number of rotatable bonds is 7. The molecule has 0 spiro atoms. The van der Waals surface area contributed by atoms with Crippen molar-refractivity contribution in [2.24, 2.45) is 0 Å². The molecule has 1 aromatic rings. The number of carbonyl (C=O) groups excluding carboxylic acids is 1. The van der Waals surface area contributed by atoms with Crippen LogP contribution < -0.4 is 0 Å². The summed E-state index contributed by atoms with van der Waals surface area (Å²) < 4.78 is 15.0. The van der Waals surface area contributed by atoms with Gasteiger partial charge in [0.25, 0.3) is 0 Å². The van der Waals surface area contributed by atoms with Gasteiger partial charge in [0.05, 0.1) is 0 Å². The van der Waals surface area contributed by atoms with Gasteiger partial charge in [0.15, 0.2) is 6.10 Å². The molecule has 0 aromatic heterocycles. The van der Waals surface area contributed by atoms with Crippen LogP contribution in [-0.2, 0) is 19.0 Å². The van der Waals surface area contributed by atoms with Crippen LogP contribution in [0.2, 0.25) is 0 Å². The van der Waals surface area contributed by atoms with Crippen LogP contribution in [0, 0.1) is 10.1 Å². The minimum Gasteiger partial charge on any atom is -0.450 e. The van der Waals surface area contributed by atoms with E-state index < -0.39 is 29.3 Å². The Morgan fingerprint density at radius 1 is 1.20 bits per heavy atom. The highest BCUT2D eigenvalue weighted by Gasteiger charge is 2.43. The maximum atomic E-state index is 11.3. The maximum Gasteiger partial charge on any atom is 0.303 e. The molecule has 20 heavy (non-hydrogen) atoms. The zero-order chi connectivity index (χ0) is 15.1. The highest BCUT2D eigenvalue weighted by atomic mass is 16.7. The number of hydrogen-bond acceptors (Lipinski definition) is 6. The Labute approximate surface area is 116 Å². The van der Waals surface area contributed by atoms with Gasteiger partial charge >= 0.3 is 12.0 Å². The van der Waals surface area contributed by atoms with E-state index in [0.29, 0.717) is 5.56 Å². The third-order valence-corrected chi connectivity index (χ3v) is 2.72. The third-order valence-electron chi connectivity index (χ3n) is 2.72. The van der Waals surface area contributed by atoms with Gasteiger partial charge in [0.2, 0.25) is 6.29 Å². The summed E-state index contributed by atoms with van der Waals surface area (Å²) in [5, 5.41) is 11.3. The molecule has 0 aliphatic rings. The molecule has 0 bridgehead atoms. The summed E-state index contributed by atoms with van der Waals surface area (Å²) >= 11 is 0. The molecule has 0 N–H and O–H groups in total. The van der Waals surface area contributed by atoms with Crippen LogP contribution in [0.5, 0.6) is 0 Å². The Morgan fingerprint density at radius 2 is 1.75 bits per heavy atom. The Balaban J connectivity index is 3.18. The van der Waals surface area contributed by atoms with Gasteiger partial charge < -0.3 is 14.2 Å². The molecule has 0 amide bonds. The van der Waals surface area contributed by atoms with Crippen molar-refractivity contribution in [3.8, 4) is 0 Å². The summed E-state index contributed by atoms with van der Waals surface area (Å²) in [4.78, 5) is 22.0. The first-order valence-corrected chi connectivity index (χ1v) is 5.92. The summed E-state index contributed by atoms with van der Waals surface area (Å²) in [6.07, 6.45) is -2.22. The largest absolute Gasteiger partial charge is 0.450 e. The molecule has 0 saturated carbocycles. The van der Waals surface area contributed by atoms with Gasteiger partial charge in [-0.05, 0) is 5.56 Å². The van der Waals surface area contributed by atoms with E-state index in [1.807, 2.05) is 0 Å². The second kappa shape index (κ2) is 7.56. The molecule has 0 aliphatic heterocycles. The van der Waals surface area contributed by atoms with E-state index in [1.54, 1.807) is 30.3 Å². The Hall–Kier alpha value is -1.99. The van der Waals surface area contributed by atoms with Crippen LogP contribution in [-0.4, -0.2) is 37.4 Å². The topological polar surface area (TPSA) is 87.9 Å². The third kappa shape index (κ3) is 4.01. The average Bonchev–Trinajstić information content (AvgIpc) is 2.43. The SMILES string of the molecule is COC(OC)C(C(OC(C)=O)c1ccccc1)[N+](=O)[O-]. The number of nitro groups is 1. The molecule has 2 unspecified atom stereocenters. The second-order valence-corrected chi connectivity index (χ2v) is 4.06. The quantitative estimate of drug-likeness (QED) is 0.326. The summed E-state index contributed by atoms with van der Waals surface area (Å²) in [5.74, 6) is -0.614. The molecule has 2 atom stereocenters. The van der Waals surface area contributed by atoms with Crippen LogP contribution in [0.25, 0.3) is 0 Å². The summed E-state index contributed by atoms with van der Waals surface area (Å²) in [6, 6.07) is 7.10. The number of benzene rings is 1. The molecule has 110 valence electrons. The lowest BCUT2D eigenvalue weighted by Gasteiger charge is -2.25. The van der Waals surface area contributed by atoms with Crippen molar-refractivity contribution in [3.63, 3.8) is 0 Å². The van der Waals surface area contributed by atoms with Crippen LogP contribution in [0.4, 0.5) is 0 Å². The zero-order valence-corrected chi connectivity index (χ0v) is 11.5. The number of ether oxygens (including phenoxy) is 3. The molecule has 0 radical (unpaired) electrons. The normalized spacial score (nSPS) is 13.8. The van der Waals surface area contributed by atoms with Gasteiger partial charge in [-0.3, -0.25) is 14.9 Å². The fourth-order valence-electron chi connectivity index (χ4n) is 1.88. The standard InChI is InChI=1S/C13H17NO6/c1-9(15)20-12(10-7-5-4-6-8-10)11(14(16)17)13(18-2)19-3/h4-8,11-13H,1-3H3. The summed E-state index contributed by atoms with van der Waals surface area (Å²) in [7, 11) is 2.58. The summed E-state index contributed by atoms with van der Waals surface area (Å²) in [5.41, 5.74) is 0.503. The predicted octanol–water partition coefficient (Wildman–Crippen LogP) is 1.55. The van der Waals surface area contributed by atoms with Crippen molar-refractivity contribution in [3.05, 3.63) is 46.0 Å². The summed E-state index contributed by atoms with van der Waals surface area (Å²) in [6.45, 7) is 1.20. The number of esters is 1. The van der Waals surface area contributed by atoms with E-state index in [-0.39, 0.29) is 0 Å². The van der Waals surface area contributed by atoms with E-state index >= 15 is 0 Å². The zero-order valence-electron chi connectivity index (χ0n) is 11.5. The molecule has 7 heteroatoms. The van der Waals surface area contributed by atoms with Crippen LogP contribution >= 0.6 is 0 Å². The molecule has 0 aliphatic carbocycles. The van der Waals surface area contributed by atoms with Gasteiger partial charge in [0.1, 0.15) is 0 Å². The number of hydrogen-bond donors (Lipinski definition) is 0. The highest BCUT2D eigenvalue weighted by Crippen LogP contribution is 2.27. The van der Waals surface area contributed by atoms with Crippen molar-refractivity contribution in [2.75, 3.05) is 14.2 Å². The van der Waals surface area contributed by atoms with Crippen LogP contribution in [0.1, 0.15) is 18.6 Å². The van der Waals surface area contributed by atoms with Gasteiger partial charge in [0, 0.05) is 26.1 Å². The van der Waals surface area contributed by atoms with Crippen molar-refractivity contribution in [1.82, 2.24) is 0 Å². The van der Waals surface area contributed by atoms with Gasteiger partial charge in [-0.25, -0.2) is 0 Å². The molecular weight excluding hydrogens is 266 g/mol. The first-order chi connectivity index (χ1) is 9.51. The van der Waals surface area contributed by atoms with E-state index in [0.717, 1.165) is 0 Å². The molecule has 0 fully saturated rings. The van der Waals surface area contributed by atoms with E-state index in [4.69, 9.17) is 14.2 Å². The van der Waals surface area contributed by atoms with E-state index in [2.05, 4.69) is 0 Å². The number of nitrogens with zero attached hydrogens (tertiary/aromatic N) is 1. The molecular formula is C13H17NO6. The fourth-order valence-corrected chi connectivity index (χ4v) is 1.88. The Bertz CT molecular complexity index is 445. The van der Waals surface area contributed by atoms with Gasteiger partial charge in [-0.1, -0.05) is 30.3 Å². The van der Waals surface area contributed by atoms with E-state index in [9.17, 15) is 14.9 Å². The van der Waals surface area contributed by atoms with Gasteiger partial charge in [-0.15, -0.1) is 0 Å². The smallest absolute Gasteiger partial charge is 0.303 e. The van der Waals surface area contributed by atoms with Crippen molar-refractivity contribution in [2.45, 2.75) is 25.4 Å². The lowest BCUT2D eigenvalue weighted by Crippen LogP contribution is -2.42. The molecule has 1 aromatic carbocycles. The molecule has 0 heterocycles. The lowest BCUT2D eigenvalue weighted by atomic mass is 10.0.